The largest absolute Gasteiger partial charge is 0.346 e. The minimum absolute atomic E-state index is 0.192. The van der Waals surface area contributed by atoms with Crippen LogP contribution in [0, 0.1) is 0 Å². The number of fused-ring (bicyclic) bond motifs is 1. The summed E-state index contributed by atoms with van der Waals surface area (Å²) in [5, 5.41) is 0.805. The van der Waals surface area contributed by atoms with Crippen molar-refractivity contribution in [3.8, 4) is 0 Å². The number of H-pyrrole nitrogens is 1. The topological polar surface area (TPSA) is 41.6 Å². The summed E-state index contributed by atoms with van der Waals surface area (Å²) in [5.41, 5.74) is 1.28. The van der Waals surface area contributed by atoms with Crippen molar-refractivity contribution in [1.29, 1.82) is 0 Å². The van der Waals surface area contributed by atoms with Gasteiger partial charge < -0.3 is 4.98 Å². The summed E-state index contributed by atoms with van der Waals surface area (Å²) >= 11 is 0. The molecule has 0 saturated carbocycles. The van der Waals surface area contributed by atoms with E-state index in [9.17, 15) is 0 Å². The predicted molar refractivity (Wildman–Crippen MR) is 44.7 cm³/mol. The number of rotatable bonds is 0. The van der Waals surface area contributed by atoms with Gasteiger partial charge in [0.1, 0.15) is 13.5 Å². The Kier molecular flexibility index (Phi) is 1.24. The molecule has 0 bridgehead atoms. The molecule has 0 spiro atoms. The Labute approximate surface area is 66.1 Å². The van der Waals surface area contributed by atoms with Crippen molar-refractivity contribution in [2.24, 2.45) is 0 Å². The first kappa shape index (κ1) is 6.46. The lowest BCUT2D eigenvalue weighted by Gasteiger charge is -1.96. The van der Waals surface area contributed by atoms with Crippen molar-refractivity contribution in [3.63, 3.8) is 0 Å². The number of aromatic nitrogens is 3. The first-order valence-corrected chi connectivity index (χ1v) is 3.13. The second kappa shape index (κ2) is 2.12. The maximum atomic E-state index is 5.55. The Bertz CT molecular complexity index is 396. The van der Waals surface area contributed by atoms with Gasteiger partial charge in [0.2, 0.25) is 0 Å². The van der Waals surface area contributed by atoms with Crippen molar-refractivity contribution in [2.45, 2.75) is 0 Å². The molecular weight excluding hydrogens is 136 g/mol. The van der Waals surface area contributed by atoms with Crippen LogP contribution in [-0.4, -0.2) is 30.6 Å². The molecule has 11 heavy (non-hydrogen) atoms. The first-order valence-electron chi connectivity index (χ1n) is 3.13. The smallest absolute Gasteiger partial charge is 0.170 e. The monoisotopic (exact) mass is 139 g/mol. The van der Waals surface area contributed by atoms with Gasteiger partial charge in [-0.15, -0.1) is 0 Å². The number of nitrogens with zero attached hydrogens (tertiary/aromatic N) is 2. The lowest BCUT2D eigenvalue weighted by Crippen LogP contribution is -2.24. The molecule has 0 fully saturated rings. The molecule has 48 valence electrons. The van der Waals surface area contributed by atoms with Crippen molar-refractivity contribution < 1.29 is 0 Å². The molecular formula is C6H3B2N3. The lowest BCUT2D eigenvalue weighted by atomic mass is 9.99. The third kappa shape index (κ3) is 0.926. The van der Waals surface area contributed by atoms with Gasteiger partial charge >= 0.3 is 0 Å². The van der Waals surface area contributed by atoms with Crippen LogP contribution in [0.3, 0.4) is 0 Å². The van der Waals surface area contributed by atoms with Gasteiger partial charge in [-0.3, -0.25) is 4.98 Å². The van der Waals surface area contributed by atoms with E-state index in [1.54, 1.807) is 6.20 Å². The SMILES string of the molecule is [B]c1nc([B])c2cc[nH]c2n1. The van der Waals surface area contributed by atoms with Crippen LogP contribution in [0.4, 0.5) is 0 Å². The van der Waals surface area contributed by atoms with E-state index >= 15 is 0 Å². The van der Waals surface area contributed by atoms with Crippen LogP contribution in [-0.2, 0) is 0 Å². The number of hydrogen-bond acceptors (Lipinski definition) is 2. The molecule has 2 heterocycles. The fraction of sp³-hybridized carbons (Fsp3) is 0. The highest BCUT2D eigenvalue weighted by atomic mass is 14.9. The van der Waals surface area contributed by atoms with Crippen LogP contribution in [0.15, 0.2) is 12.3 Å². The van der Waals surface area contributed by atoms with Crippen molar-refractivity contribution in [1.82, 2.24) is 15.0 Å². The highest BCUT2D eigenvalue weighted by Gasteiger charge is 1.99. The van der Waals surface area contributed by atoms with Gasteiger partial charge in [0, 0.05) is 11.6 Å². The van der Waals surface area contributed by atoms with Gasteiger partial charge in [0.05, 0.1) is 5.72 Å². The van der Waals surface area contributed by atoms with Crippen LogP contribution in [0.2, 0.25) is 0 Å². The molecule has 0 aromatic carbocycles. The van der Waals surface area contributed by atoms with E-state index in [4.69, 9.17) is 15.7 Å². The Morgan fingerprint density at radius 2 is 2.09 bits per heavy atom. The van der Waals surface area contributed by atoms with Gasteiger partial charge in [-0.25, -0.2) is 4.98 Å². The number of hydrogen-bond donors (Lipinski definition) is 1. The molecule has 5 heteroatoms. The summed E-state index contributed by atoms with van der Waals surface area (Å²) in [6, 6.07) is 1.81. The van der Waals surface area contributed by atoms with Crippen LogP contribution in [0.25, 0.3) is 11.0 Å². The number of nitrogens with one attached hydrogen (secondary N) is 1. The lowest BCUT2D eigenvalue weighted by molar-refractivity contribution is 1.29. The van der Waals surface area contributed by atoms with E-state index in [0.717, 1.165) is 5.39 Å². The molecule has 0 amide bonds. The summed E-state index contributed by atoms with van der Waals surface area (Å²) in [7, 11) is 10.9. The third-order valence-corrected chi connectivity index (χ3v) is 1.46. The summed E-state index contributed by atoms with van der Waals surface area (Å²) in [6.45, 7) is 0. The molecule has 1 N–H and O–H groups in total. The third-order valence-electron chi connectivity index (χ3n) is 1.46. The van der Waals surface area contributed by atoms with Crippen LogP contribution in [0.1, 0.15) is 0 Å². The van der Waals surface area contributed by atoms with E-state index in [1.807, 2.05) is 6.07 Å². The molecule has 2 rings (SSSR count). The molecule has 0 aliphatic rings. The van der Waals surface area contributed by atoms with Gasteiger partial charge in [-0.05, 0) is 11.7 Å². The first-order chi connectivity index (χ1) is 5.27. The Hall–Kier alpha value is -1.25. The molecule has 2 aromatic rings. The zero-order valence-electron chi connectivity index (χ0n) is 5.70. The van der Waals surface area contributed by atoms with Gasteiger partial charge in [-0.2, -0.15) is 0 Å². The molecule has 0 aliphatic carbocycles. The van der Waals surface area contributed by atoms with Crippen molar-refractivity contribution in [2.75, 3.05) is 0 Å². The normalized spacial score (nSPS) is 10.5. The summed E-state index contributed by atoms with van der Waals surface area (Å²) < 4.78 is 0. The van der Waals surface area contributed by atoms with Gasteiger partial charge in [-0.1, -0.05) is 0 Å². The average molecular weight is 139 g/mol. The molecule has 0 atom stereocenters. The van der Waals surface area contributed by atoms with Crippen LogP contribution in [0.5, 0.6) is 0 Å². The zero-order valence-corrected chi connectivity index (χ0v) is 5.70. The molecule has 0 saturated heterocycles. The maximum absolute atomic E-state index is 5.55. The van der Waals surface area contributed by atoms with Crippen molar-refractivity contribution in [3.05, 3.63) is 12.3 Å². The van der Waals surface area contributed by atoms with Gasteiger partial charge in [0.15, 0.2) is 7.85 Å². The van der Waals surface area contributed by atoms with E-state index in [2.05, 4.69) is 15.0 Å². The average Bonchev–Trinajstić information content (AvgIpc) is 2.34. The van der Waals surface area contributed by atoms with Crippen molar-refractivity contribution >= 4 is 38.0 Å². The van der Waals surface area contributed by atoms with E-state index in [1.165, 1.54) is 0 Å². The molecule has 4 radical (unpaired) electrons. The quantitative estimate of drug-likeness (QED) is 0.453. The second-order valence-corrected chi connectivity index (χ2v) is 2.21. The summed E-state index contributed by atoms with van der Waals surface area (Å²) in [4.78, 5) is 10.6. The second-order valence-electron chi connectivity index (χ2n) is 2.21. The Balaban J connectivity index is 2.91. The molecule has 0 unspecified atom stereocenters. The predicted octanol–water partition coefficient (Wildman–Crippen LogP) is -1.45. The minimum Gasteiger partial charge on any atom is -0.346 e. The summed E-state index contributed by atoms with van der Waals surface area (Å²) in [6.07, 6.45) is 1.75. The van der Waals surface area contributed by atoms with Crippen LogP contribution < -0.4 is 11.3 Å². The molecule has 0 aliphatic heterocycles. The Morgan fingerprint density at radius 3 is 2.91 bits per heavy atom. The number of aromatic amines is 1. The van der Waals surface area contributed by atoms with Gasteiger partial charge in [0.25, 0.3) is 0 Å². The molecule has 3 nitrogen and oxygen atoms in total. The standard InChI is InChI=1S/C6H3B2N3/c7-4-3-1-2-9-5(3)11-6(8)10-4/h1-2H,(H,9,10,11). The highest BCUT2D eigenvalue weighted by molar-refractivity contribution is 6.38. The zero-order chi connectivity index (χ0) is 7.84. The summed E-state index contributed by atoms with van der Waals surface area (Å²) in [5.74, 6) is 0. The maximum Gasteiger partial charge on any atom is 0.170 e. The fourth-order valence-corrected chi connectivity index (χ4v) is 0.983. The highest BCUT2D eigenvalue weighted by Crippen LogP contribution is 2.00. The van der Waals surface area contributed by atoms with E-state index in [-0.39, 0.29) is 5.72 Å². The molecule has 2 aromatic heterocycles. The minimum atomic E-state index is 0.192. The van der Waals surface area contributed by atoms with E-state index in [0.29, 0.717) is 11.2 Å². The van der Waals surface area contributed by atoms with Crippen LogP contribution >= 0.6 is 0 Å². The van der Waals surface area contributed by atoms with E-state index < -0.39 is 0 Å². The Morgan fingerprint density at radius 1 is 1.27 bits per heavy atom. The fourth-order valence-electron chi connectivity index (χ4n) is 0.983.